The Morgan fingerprint density at radius 2 is 1.92 bits per heavy atom. The number of ketones is 1. The highest BCUT2D eigenvalue weighted by Gasteiger charge is 2.15. The van der Waals surface area contributed by atoms with Gasteiger partial charge in [-0.2, -0.15) is 5.10 Å². The Kier molecular flexibility index (Phi) is 1.88. The van der Waals surface area contributed by atoms with Crippen molar-refractivity contribution in [2.75, 3.05) is 0 Å². The van der Waals surface area contributed by atoms with Gasteiger partial charge in [0.25, 0.3) is 0 Å². The van der Waals surface area contributed by atoms with Crippen molar-refractivity contribution in [1.29, 1.82) is 0 Å². The number of rotatable bonds is 1. The Hall–Kier alpha value is -1.97. The lowest BCUT2D eigenvalue weighted by molar-refractivity contribution is -0.107. The second-order valence-corrected chi connectivity index (χ2v) is 2.48. The minimum atomic E-state index is -0.246. The molecule has 63 valence electrons. The molecule has 0 saturated heterocycles. The van der Waals surface area contributed by atoms with Crippen molar-refractivity contribution in [2.24, 2.45) is 10.2 Å². The van der Waals surface area contributed by atoms with Crippen LogP contribution in [0, 0.1) is 0 Å². The van der Waals surface area contributed by atoms with Crippen LogP contribution in [0.1, 0.15) is 0 Å². The third-order valence-corrected chi connectivity index (χ3v) is 1.54. The van der Waals surface area contributed by atoms with Crippen LogP contribution in [0.5, 0.6) is 0 Å². The molecule has 1 radical (unpaired) electrons. The van der Waals surface area contributed by atoms with Crippen LogP contribution in [0.15, 0.2) is 40.5 Å². The van der Waals surface area contributed by atoms with Crippen molar-refractivity contribution in [3.63, 3.8) is 0 Å². The smallest absolute Gasteiger partial charge is 0.244 e. The number of Topliss-reactive ketones (excluding diaryl/α,β-unsaturated/α-hetero) is 1. The van der Waals surface area contributed by atoms with E-state index in [4.69, 9.17) is 0 Å². The van der Waals surface area contributed by atoms with Gasteiger partial charge in [-0.05, 0) is 12.1 Å². The number of carbonyl (C=O) groups excluding carboxylic acids is 1. The Balaban J connectivity index is 2.12. The molecule has 0 spiro atoms. The summed E-state index contributed by atoms with van der Waals surface area (Å²) in [4.78, 5) is 11.0. The predicted octanol–water partition coefficient (Wildman–Crippen LogP) is 0.889. The van der Waals surface area contributed by atoms with Gasteiger partial charge in [-0.3, -0.25) is 4.79 Å². The molecule has 13 heavy (non-hydrogen) atoms. The minimum Gasteiger partial charge on any atom is -0.284 e. The lowest BCUT2D eigenvalue weighted by Crippen LogP contribution is -2.19. The van der Waals surface area contributed by atoms with Gasteiger partial charge in [0.05, 0.1) is 5.69 Å². The first-order chi connectivity index (χ1) is 6.36. The van der Waals surface area contributed by atoms with Crippen molar-refractivity contribution in [3.05, 3.63) is 30.3 Å². The highest BCUT2D eigenvalue weighted by atomic mass is 16.1. The molecule has 0 unspecified atom stereocenters. The zero-order valence-corrected chi connectivity index (χ0v) is 6.71. The van der Waals surface area contributed by atoms with Gasteiger partial charge in [-0.25, -0.2) is 5.32 Å². The molecule has 0 fully saturated rings. The number of amidine groups is 1. The highest BCUT2D eigenvalue weighted by molar-refractivity contribution is 6.61. The summed E-state index contributed by atoms with van der Waals surface area (Å²) in [6.07, 6.45) is 1.15. The van der Waals surface area contributed by atoms with Crippen molar-refractivity contribution >= 4 is 23.5 Å². The van der Waals surface area contributed by atoms with E-state index in [1.54, 1.807) is 12.1 Å². The number of carbonyl (C=O) groups is 1. The Labute approximate surface area is 75.0 Å². The molecule has 4 nitrogen and oxygen atoms in total. The molecular weight excluding hydrogens is 166 g/mol. The molecule has 0 atom stereocenters. The van der Waals surface area contributed by atoms with Crippen LogP contribution >= 0.6 is 0 Å². The van der Waals surface area contributed by atoms with E-state index in [1.165, 1.54) is 0 Å². The van der Waals surface area contributed by atoms with Crippen LogP contribution in [0.25, 0.3) is 0 Å². The zero-order chi connectivity index (χ0) is 9.10. The molecule has 1 heterocycles. The summed E-state index contributed by atoms with van der Waals surface area (Å²) in [5.74, 6) is -0.102. The van der Waals surface area contributed by atoms with Gasteiger partial charge in [-0.15, -0.1) is 5.10 Å². The standard InChI is InChI=1S/C9H6N3O/c13-8-6-10-12-9(8)11-7-4-2-1-3-5-7/h1-6H. The van der Waals surface area contributed by atoms with Crippen LogP contribution in [0.2, 0.25) is 0 Å². The van der Waals surface area contributed by atoms with E-state index in [2.05, 4.69) is 15.5 Å². The number of para-hydroxylation sites is 1. The van der Waals surface area contributed by atoms with Crippen molar-refractivity contribution in [1.82, 2.24) is 5.32 Å². The first-order valence-corrected chi connectivity index (χ1v) is 3.78. The fourth-order valence-corrected chi connectivity index (χ4v) is 0.945. The van der Waals surface area contributed by atoms with Crippen LogP contribution < -0.4 is 5.32 Å². The predicted molar refractivity (Wildman–Crippen MR) is 49.2 cm³/mol. The molecule has 1 aromatic rings. The first-order valence-electron chi connectivity index (χ1n) is 3.78. The van der Waals surface area contributed by atoms with Crippen LogP contribution in [-0.2, 0) is 4.79 Å². The monoisotopic (exact) mass is 172 g/mol. The van der Waals surface area contributed by atoms with E-state index in [-0.39, 0.29) is 11.6 Å². The van der Waals surface area contributed by atoms with Gasteiger partial charge in [0.1, 0.15) is 6.21 Å². The maximum absolute atomic E-state index is 11.0. The second kappa shape index (κ2) is 3.18. The van der Waals surface area contributed by atoms with Gasteiger partial charge < -0.3 is 0 Å². The third kappa shape index (κ3) is 1.61. The molecule has 1 aliphatic rings. The Bertz CT molecular complexity index is 381. The second-order valence-electron chi connectivity index (χ2n) is 2.48. The third-order valence-electron chi connectivity index (χ3n) is 1.54. The molecule has 1 aromatic carbocycles. The number of hydrogen-bond acceptors (Lipinski definition) is 3. The normalized spacial score (nSPS) is 14.5. The molecule has 0 saturated carbocycles. The Morgan fingerprint density at radius 3 is 2.54 bits per heavy atom. The van der Waals surface area contributed by atoms with E-state index >= 15 is 0 Å². The van der Waals surface area contributed by atoms with Gasteiger partial charge in [-0.1, -0.05) is 18.2 Å². The van der Waals surface area contributed by atoms with Crippen LogP contribution in [-0.4, -0.2) is 17.8 Å². The molecule has 2 rings (SSSR count). The van der Waals surface area contributed by atoms with Gasteiger partial charge in [0.15, 0.2) is 0 Å². The van der Waals surface area contributed by atoms with Crippen molar-refractivity contribution in [3.8, 4) is 0 Å². The van der Waals surface area contributed by atoms with Gasteiger partial charge >= 0.3 is 0 Å². The molecule has 0 aliphatic carbocycles. The number of hydrogen-bond donors (Lipinski definition) is 0. The van der Waals surface area contributed by atoms with E-state index in [9.17, 15) is 4.79 Å². The minimum absolute atomic E-state index is 0.145. The summed E-state index contributed by atoms with van der Waals surface area (Å²) >= 11 is 0. The highest BCUT2D eigenvalue weighted by Crippen LogP contribution is 2.06. The quantitative estimate of drug-likeness (QED) is 0.620. The maximum atomic E-state index is 11.0. The van der Waals surface area contributed by atoms with Gasteiger partial charge in [0, 0.05) is 0 Å². The van der Waals surface area contributed by atoms with Crippen molar-refractivity contribution < 1.29 is 4.79 Å². The lowest BCUT2D eigenvalue weighted by atomic mass is 10.3. The largest absolute Gasteiger partial charge is 0.284 e. The van der Waals surface area contributed by atoms with Gasteiger partial charge in [0.2, 0.25) is 11.6 Å². The topological polar surface area (TPSA) is 55.9 Å². The average molecular weight is 172 g/mol. The van der Waals surface area contributed by atoms with E-state index in [1.807, 2.05) is 18.2 Å². The van der Waals surface area contributed by atoms with Crippen LogP contribution in [0.3, 0.4) is 0 Å². The molecule has 4 heteroatoms. The molecule has 0 amide bonds. The maximum Gasteiger partial charge on any atom is 0.244 e. The summed E-state index contributed by atoms with van der Waals surface area (Å²) in [6.45, 7) is 0. The lowest BCUT2D eigenvalue weighted by Gasteiger charge is -1.97. The molecule has 1 aliphatic heterocycles. The van der Waals surface area contributed by atoms with E-state index in [0.717, 1.165) is 6.21 Å². The number of nitrogens with zero attached hydrogens (tertiary/aromatic N) is 3. The fraction of sp³-hybridized carbons (Fsp3) is 0. The first kappa shape index (κ1) is 7.67. The molecular formula is C9H6N3O. The molecule has 0 N–H and O–H groups in total. The SMILES string of the molecule is O=C1C=NN=C1[N]c1ccccc1. The fourth-order valence-electron chi connectivity index (χ4n) is 0.945. The molecule has 0 bridgehead atoms. The Morgan fingerprint density at radius 1 is 1.15 bits per heavy atom. The summed E-state index contributed by atoms with van der Waals surface area (Å²) in [5, 5.41) is 11.1. The van der Waals surface area contributed by atoms with E-state index in [0.29, 0.717) is 5.69 Å². The average Bonchev–Trinajstić information content (AvgIpc) is 2.54. The summed E-state index contributed by atoms with van der Waals surface area (Å²) in [5.41, 5.74) is 0.708. The van der Waals surface area contributed by atoms with E-state index < -0.39 is 0 Å². The van der Waals surface area contributed by atoms with Crippen LogP contribution in [0.4, 0.5) is 5.69 Å². The molecule has 0 aromatic heterocycles. The zero-order valence-electron chi connectivity index (χ0n) is 6.71. The summed E-state index contributed by atoms with van der Waals surface area (Å²) in [6, 6.07) is 9.18. The number of benzene rings is 1. The van der Waals surface area contributed by atoms with Crippen molar-refractivity contribution in [2.45, 2.75) is 0 Å². The summed E-state index contributed by atoms with van der Waals surface area (Å²) in [7, 11) is 0. The summed E-state index contributed by atoms with van der Waals surface area (Å²) < 4.78 is 0.